The van der Waals surface area contributed by atoms with E-state index in [2.05, 4.69) is 13.8 Å². The van der Waals surface area contributed by atoms with Crippen LogP contribution in [0.15, 0.2) is 0 Å². The van der Waals surface area contributed by atoms with Gasteiger partial charge < -0.3 is 24.8 Å². The first kappa shape index (κ1) is 47.0. The number of rotatable bonds is 38. The van der Waals surface area contributed by atoms with E-state index >= 15 is 0 Å². The van der Waals surface area contributed by atoms with Gasteiger partial charge in [0.1, 0.15) is 6.61 Å². The zero-order valence-electron chi connectivity index (χ0n) is 32.1. The summed E-state index contributed by atoms with van der Waals surface area (Å²) < 4.78 is 38.5. The molecule has 0 spiro atoms. The summed E-state index contributed by atoms with van der Waals surface area (Å²) in [5.41, 5.74) is 5.34. The molecule has 0 bridgehead atoms. The molecule has 1 rings (SSSR count). The maximum atomic E-state index is 12.6. The molecule has 3 N–H and O–H groups in total. The predicted molar refractivity (Wildman–Crippen MR) is 201 cm³/mol. The summed E-state index contributed by atoms with van der Waals surface area (Å²) in [7, 11) is -4.37. The van der Waals surface area contributed by atoms with E-state index in [1.165, 1.54) is 122 Å². The Bertz CT molecular complexity index is 861. The van der Waals surface area contributed by atoms with Crippen LogP contribution in [0.1, 0.15) is 194 Å². The monoisotopic (exact) mass is 734 g/mol. The molecular weight excluding hydrogens is 657 g/mol. The van der Waals surface area contributed by atoms with Gasteiger partial charge in [-0.2, -0.15) is 0 Å². The fourth-order valence-electron chi connectivity index (χ4n) is 6.25. The van der Waals surface area contributed by atoms with Crippen molar-refractivity contribution in [2.75, 3.05) is 26.4 Å². The van der Waals surface area contributed by atoms with Gasteiger partial charge in [-0.15, -0.1) is 0 Å². The third kappa shape index (κ3) is 29.5. The van der Waals surface area contributed by atoms with Crippen LogP contribution in [0.25, 0.3) is 0 Å². The molecule has 1 heterocycles. The van der Waals surface area contributed by atoms with Crippen LogP contribution < -0.4 is 5.73 Å². The minimum Gasteiger partial charge on any atom is -0.462 e. The normalized spacial score (nSPS) is 17.4. The van der Waals surface area contributed by atoms with Gasteiger partial charge in [-0.05, 0) is 25.7 Å². The van der Waals surface area contributed by atoms with Crippen LogP contribution in [0.2, 0.25) is 0 Å². The number of phosphoric acid groups is 1. The van der Waals surface area contributed by atoms with Crippen LogP contribution in [0.5, 0.6) is 0 Å². The van der Waals surface area contributed by atoms with Crippen LogP contribution in [0.4, 0.5) is 0 Å². The molecule has 0 aromatic carbocycles. The van der Waals surface area contributed by atoms with E-state index in [9.17, 15) is 19.0 Å². The average Bonchev–Trinajstić information content (AvgIpc) is 3.86. The molecule has 1 saturated heterocycles. The number of nitrogens with two attached hydrogens (primary N) is 1. The third-order valence-electron chi connectivity index (χ3n) is 9.41. The number of hydrogen-bond donors (Lipinski definition) is 2. The minimum atomic E-state index is -4.37. The van der Waals surface area contributed by atoms with Gasteiger partial charge in [-0.1, -0.05) is 155 Å². The zero-order valence-corrected chi connectivity index (χ0v) is 33.0. The maximum Gasteiger partial charge on any atom is 0.472 e. The molecule has 10 nitrogen and oxygen atoms in total. The average molecular weight is 734 g/mol. The topological polar surface area (TPSA) is 147 Å². The number of carbonyl (C=O) groups is 2. The Morgan fingerprint density at radius 3 is 1.52 bits per heavy atom. The van der Waals surface area contributed by atoms with Crippen molar-refractivity contribution in [1.82, 2.24) is 0 Å². The third-order valence-corrected chi connectivity index (χ3v) is 10.4. The lowest BCUT2D eigenvalue weighted by molar-refractivity contribution is -0.161. The predicted octanol–water partition coefficient (Wildman–Crippen LogP) is 10.3. The molecule has 1 aliphatic rings. The van der Waals surface area contributed by atoms with E-state index in [1.807, 2.05) is 0 Å². The van der Waals surface area contributed by atoms with Crippen molar-refractivity contribution in [2.45, 2.75) is 212 Å². The lowest BCUT2D eigenvalue weighted by Gasteiger charge is -2.19. The molecule has 50 heavy (non-hydrogen) atoms. The van der Waals surface area contributed by atoms with E-state index in [4.69, 9.17) is 29.0 Å². The smallest absolute Gasteiger partial charge is 0.462 e. The molecule has 4 atom stereocenters. The summed E-state index contributed by atoms with van der Waals surface area (Å²) in [5, 5.41) is 0. The number of hydrogen-bond acceptors (Lipinski definition) is 9. The highest BCUT2D eigenvalue weighted by molar-refractivity contribution is 7.47. The summed E-state index contributed by atoms with van der Waals surface area (Å²) in [6.07, 6.45) is 31.5. The molecule has 296 valence electrons. The molecule has 0 aromatic rings. The Morgan fingerprint density at radius 1 is 0.620 bits per heavy atom. The number of phosphoric ester groups is 1. The Hall–Kier alpha value is -1.03. The second-order valence-electron chi connectivity index (χ2n) is 14.2. The fourth-order valence-corrected chi connectivity index (χ4v) is 7.01. The molecule has 1 aliphatic heterocycles. The molecule has 4 unspecified atom stereocenters. The first-order valence-electron chi connectivity index (χ1n) is 20.6. The molecule has 1 fully saturated rings. The lowest BCUT2D eigenvalue weighted by atomic mass is 10.0. The van der Waals surface area contributed by atoms with Gasteiger partial charge in [0, 0.05) is 19.4 Å². The molecule has 0 radical (unpaired) electrons. The van der Waals surface area contributed by atoms with Gasteiger partial charge in [-0.25, -0.2) is 4.57 Å². The van der Waals surface area contributed by atoms with Gasteiger partial charge in [0.2, 0.25) is 0 Å². The quantitative estimate of drug-likeness (QED) is 0.0272. The van der Waals surface area contributed by atoms with Gasteiger partial charge >= 0.3 is 19.8 Å². The zero-order chi connectivity index (χ0) is 36.5. The Kier molecular flexibility index (Phi) is 30.6. The van der Waals surface area contributed by atoms with Crippen molar-refractivity contribution in [3.05, 3.63) is 0 Å². The van der Waals surface area contributed by atoms with Crippen molar-refractivity contribution >= 4 is 19.8 Å². The first-order chi connectivity index (χ1) is 24.3. The van der Waals surface area contributed by atoms with E-state index in [1.54, 1.807) is 0 Å². The molecule has 0 amide bonds. The number of unbranched alkanes of at least 4 members (excludes halogenated alkanes) is 21. The van der Waals surface area contributed by atoms with Crippen LogP contribution in [-0.4, -0.2) is 61.5 Å². The van der Waals surface area contributed by atoms with E-state index in [-0.39, 0.29) is 38.6 Å². The van der Waals surface area contributed by atoms with Crippen LogP contribution in [-0.2, 0) is 37.4 Å². The number of ether oxygens (including phenoxy) is 3. The Balaban J connectivity index is 2.17. The summed E-state index contributed by atoms with van der Waals surface area (Å²) in [6.45, 7) is 3.72. The standard InChI is InChI=1S/C39H76NO9P/c1-3-5-7-9-10-11-12-13-14-15-18-21-25-29-38(41)45-33-35(34-47-50(43,44)46-32-31-40)48-39(42)30-26-22-19-16-17-20-24-28-37-36(49-37)27-23-8-6-4-2/h35-37H,3-34,40H2,1-2H3,(H,43,44). The SMILES string of the molecule is CCCCCCCCCCCCCCCC(=O)OCC(COP(=O)(O)OCCN)OC(=O)CCCCCCCCCC1OC1CCCCCC. The fraction of sp³-hybridized carbons (Fsp3) is 0.949. The molecule has 0 aromatic heterocycles. The maximum absolute atomic E-state index is 12.6. The summed E-state index contributed by atoms with van der Waals surface area (Å²) in [5.74, 6) is -0.831. The lowest BCUT2D eigenvalue weighted by Crippen LogP contribution is -2.29. The summed E-state index contributed by atoms with van der Waals surface area (Å²) >= 11 is 0. The number of epoxide rings is 1. The van der Waals surface area contributed by atoms with Crippen molar-refractivity contribution in [3.63, 3.8) is 0 Å². The van der Waals surface area contributed by atoms with Crippen molar-refractivity contribution in [3.8, 4) is 0 Å². The van der Waals surface area contributed by atoms with Crippen LogP contribution in [0, 0.1) is 0 Å². The Morgan fingerprint density at radius 2 is 1.04 bits per heavy atom. The van der Waals surface area contributed by atoms with Crippen molar-refractivity contribution in [2.24, 2.45) is 5.73 Å². The molecule has 11 heteroatoms. The second-order valence-corrected chi connectivity index (χ2v) is 15.7. The van der Waals surface area contributed by atoms with Crippen molar-refractivity contribution in [1.29, 1.82) is 0 Å². The van der Waals surface area contributed by atoms with Crippen molar-refractivity contribution < 1.29 is 42.3 Å². The number of esters is 2. The van der Waals surface area contributed by atoms with Gasteiger partial charge in [0.15, 0.2) is 6.10 Å². The summed E-state index contributed by atoms with van der Waals surface area (Å²) in [6, 6.07) is 0. The number of carbonyl (C=O) groups excluding carboxylic acids is 2. The largest absolute Gasteiger partial charge is 0.472 e. The summed E-state index contributed by atoms with van der Waals surface area (Å²) in [4.78, 5) is 34.8. The molecule has 0 aliphatic carbocycles. The minimum absolute atomic E-state index is 0.0538. The highest BCUT2D eigenvalue weighted by Crippen LogP contribution is 2.43. The second kappa shape index (κ2) is 32.6. The van der Waals surface area contributed by atoms with Gasteiger partial charge in [0.05, 0.1) is 25.4 Å². The van der Waals surface area contributed by atoms with E-state index < -0.39 is 26.5 Å². The van der Waals surface area contributed by atoms with Gasteiger partial charge in [-0.3, -0.25) is 18.6 Å². The molecule has 0 saturated carbocycles. The van der Waals surface area contributed by atoms with Crippen LogP contribution >= 0.6 is 7.82 Å². The highest BCUT2D eigenvalue weighted by Gasteiger charge is 2.36. The first-order valence-corrected chi connectivity index (χ1v) is 22.1. The van der Waals surface area contributed by atoms with Crippen LogP contribution in [0.3, 0.4) is 0 Å². The van der Waals surface area contributed by atoms with Gasteiger partial charge in [0.25, 0.3) is 0 Å². The Labute approximate surface area is 305 Å². The highest BCUT2D eigenvalue weighted by atomic mass is 31.2. The van der Waals surface area contributed by atoms with E-state index in [0.717, 1.165) is 38.5 Å². The molecular formula is C39H76NO9P. The van der Waals surface area contributed by atoms with E-state index in [0.29, 0.717) is 18.6 Å².